The lowest BCUT2D eigenvalue weighted by Gasteiger charge is -2.07. The van der Waals surface area contributed by atoms with Gasteiger partial charge < -0.3 is 9.67 Å². The molecule has 1 aromatic carbocycles. The van der Waals surface area contributed by atoms with Crippen molar-refractivity contribution in [1.82, 2.24) is 9.55 Å². The van der Waals surface area contributed by atoms with Crippen molar-refractivity contribution in [2.45, 2.75) is 19.9 Å². The Morgan fingerprint density at radius 1 is 1.47 bits per heavy atom. The Balaban J connectivity index is 2.44. The molecule has 1 N–H and O–H groups in total. The number of aryl methyl sites for hydroxylation is 2. The molecule has 2 aromatic rings. The number of aromatic nitrogens is 2. The lowest BCUT2D eigenvalue weighted by Crippen LogP contribution is -2.07. The van der Waals surface area contributed by atoms with E-state index in [-0.39, 0.29) is 5.56 Å². The first kappa shape index (κ1) is 13.7. The van der Waals surface area contributed by atoms with Gasteiger partial charge in [0.05, 0.1) is 16.6 Å². The van der Waals surface area contributed by atoms with Crippen LogP contribution in [-0.2, 0) is 17.3 Å². The maximum atomic E-state index is 11.3. The normalized spacial score (nSPS) is 12.7. The fraction of sp³-hybridized carbons (Fsp3) is 0.385. The predicted molar refractivity (Wildman–Crippen MR) is 75.0 cm³/mol. The molecule has 19 heavy (non-hydrogen) atoms. The van der Waals surface area contributed by atoms with Crippen molar-refractivity contribution < 1.29 is 14.1 Å². The van der Waals surface area contributed by atoms with Gasteiger partial charge in [-0.25, -0.2) is 9.78 Å². The third-order valence-corrected chi connectivity index (χ3v) is 3.87. The molecule has 1 unspecified atom stereocenters. The van der Waals surface area contributed by atoms with E-state index in [1.807, 2.05) is 17.6 Å². The summed E-state index contributed by atoms with van der Waals surface area (Å²) in [6, 6.07) is 5.09. The molecule has 5 nitrogen and oxygen atoms in total. The van der Waals surface area contributed by atoms with E-state index >= 15 is 0 Å². The molecule has 1 heterocycles. The molecular formula is C13H16N2O3S. The Kier molecular flexibility index (Phi) is 3.99. The summed E-state index contributed by atoms with van der Waals surface area (Å²) in [5.74, 6) is 0.436. The first-order valence-electron chi connectivity index (χ1n) is 6.00. The van der Waals surface area contributed by atoms with Gasteiger partial charge >= 0.3 is 5.97 Å². The van der Waals surface area contributed by atoms with Crippen molar-refractivity contribution in [3.8, 4) is 0 Å². The monoisotopic (exact) mass is 280 g/mol. The van der Waals surface area contributed by atoms with E-state index in [0.29, 0.717) is 23.3 Å². The summed E-state index contributed by atoms with van der Waals surface area (Å²) in [4.78, 5) is 15.6. The van der Waals surface area contributed by atoms with E-state index in [9.17, 15) is 14.1 Å². The minimum absolute atomic E-state index is 0.260. The molecule has 0 aliphatic rings. The number of para-hydroxylation sites is 1. The SMILES string of the molecule is Cc1nc2cccc(C(=O)O)c2n1CCCS(C)=O. The van der Waals surface area contributed by atoms with Crippen LogP contribution in [0.2, 0.25) is 0 Å². The van der Waals surface area contributed by atoms with Gasteiger partial charge in [-0.15, -0.1) is 0 Å². The number of hydrogen-bond donors (Lipinski definition) is 1. The molecule has 0 aliphatic heterocycles. The van der Waals surface area contributed by atoms with Crippen molar-refractivity contribution in [2.75, 3.05) is 12.0 Å². The van der Waals surface area contributed by atoms with Crippen LogP contribution in [0.5, 0.6) is 0 Å². The van der Waals surface area contributed by atoms with Crippen LogP contribution < -0.4 is 0 Å². The summed E-state index contributed by atoms with van der Waals surface area (Å²) in [6.45, 7) is 2.49. The smallest absolute Gasteiger partial charge is 0.337 e. The molecule has 0 bridgehead atoms. The first-order chi connectivity index (χ1) is 9.00. The number of carbonyl (C=O) groups is 1. The highest BCUT2D eigenvalue weighted by Crippen LogP contribution is 2.21. The average Bonchev–Trinajstić information content (AvgIpc) is 2.65. The number of carboxylic acids is 1. The predicted octanol–water partition coefficient (Wildman–Crippen LogP) is 1.81. The van der Waals surface area contributed by atoms with E-state index < -0.39 is 16.8 Å². The van der Waals surface area contributed by atoms with Crippen molar-refractivity contribution in [3.05, 3.63) is 29.6 Å². The van der Waals surface area contributed by atoms with Gasteiger partial charge in [-0.2, -0.15) is 0 Å². The Labute approximate surface area is 113 Å². The molecule has 0 aliphatic carbocycles. The summed E-state index contributed by atoms with van der Waals surface area (Å²) in [5, 5.41) is 9.24. The molecule has 6 heteroatoms. The lowest BCUT2D eigenvalue weighted by molar-refractivity contribution is 0.0698. The number of imidazole rings is 1. The summed E-state index contributed by atoms with van der Waals surface area (Å²) in [6.07, 6.45) is 2.41. The number of fused-ring (bicyclic) bond motifs is 1. The topological polar surface area (TPSA) is 72.2 Å². The largest absolute Gasteiger partial charge is 0.478 e. The van der Waals surface area contributed by atoms with Crippen LogP contribution in [0.15, 0.2) is 18.2 Å². The fourth-order valence-electron chi connectivity index (χ4n) is 2.17. The molecule has 1 atom stereocenters. The minimum atomic E-state index is -0.953. The van der Waals surface area contributed by atoms with Gasteiger partial charge in [0, 0.05) is 29.4 Å². The second-order valence-electron chi connectivity index (χ2n) is 4.42. The molecule has 0 amide bonds. The second-order valence-corrected chi connectivity index (χ2v) is 5.97. The van der Waals surface area contributed by atoms with Gasteiger partial charge in [0.2, 0.25) is 0 Å². The van der Waals surface area contributed by atoms with E-state index in [1.165, 1.54) is 0 Å². The Hall–Kier alpha value is -1.69. The molecule has 2 rings (SSSR count). The molecule has 1 aromatic heterocycles. The molecule has 0 radical (unpaired) electrons. The molecule has 0 spiro atoms. The summed E-state index contributed by atoms with van der Waals surface area (Å²) >= 11 is 0. The Morgan fingerprint density at radius 3 is 2.84 bits per heavy atom. The average molecular weight is 280 g/mol. The van der Waals surface area contributed by atoms with Gasteiger partial charge in [0.1, 0.15) is 5.82 Å². The van der Waals surface area contributed by atoms with Gasteiger partial charge in [0.25, 0.3) is 0 Å². The fourth-order valence-corrected chi connectivity index (χ4v) is 2.71. The number of rotatable bonds is 5. The van der Waals surface area contributed by atoms with Gasteiger partial charge in [-0.05, 0) is 25.5 Å². The number of aromatic carboxylic acids is 1. The zero-order valence-electron chi connectivity index (χ0n) is 10.9. The Morgan fingerprint density at radius 2 is 2.21 bits per heavy atom. The zero-order valence-corrected chi connectivity index (χ0v) is 11.7. The van der Waals surface area contributed by atoms with Crippen LogP contribution in [0.4, 0.5) is 0 Å². The number of benzene rings is 1. The highest BCUT2D eigenvalue weighted by molar-refractivity contribution is 7.84. The van der Waals surface area contributed by atoms with Crippen LogP contribution in [0, 0.1) is 6.92 Å². The molecule has 0 saturated carbocycles. The van der Waals surface area contributed by atoms with Gasteiger partial charge in [-0.1, -0.05) is 6.07 Å². The van der Waals surface area contributed by atoms with E-state index in [1.54, 1.807) is 18.4 Å². The second kappa shape index (κ2) is 5.52. The first-order valence-corrected chi connectivity index (χ1v) is 7.72. The Bertz CT molecular complexity index is 649. The van der Waals surface area contributed by atoms with Crippen molar-refractivity contribution in [1.29, 1.82) is 0 Å². The van der Waals surface area contributed by atoms with Crippen LogP contribution in [-0.4, -0.2) is 36.8 Å². The maximum absolute atomic E-state index is 11.3. The summed E-state index contributed by atoms with van der Waals surface area (Å²) < 4.78 is 13.0. The molecule has 0 saturated heterocycles. The highest BCUT2D eigenvalue weighted by atomic mass is 32.2. The van der Waals surface area contributed by atoms with Crippen molar-refractivity contribution in [3.63, 3.8) is 0 Å². The van der Waals surface area contributed by atoms with Crippen LogP contribution in [0.3, 0.4) is 0 Å². The standard InChI is InChI=1S/C13H16N2O3S/c1-9-14-11-6-3-5-10(13(16)17)12(11)15(9)7-4-8-19(2)18/h3,5-6H,4,7-8H2,1-2H3,(H,16,17). The molecule has 102 valence electrons. The highest BCUT2D eigenvalue weighted by Gasteiger charge is 2.15. The van der Waals surface area contributed by atoms with Gasteiger partial charge in [0.15, 0.2) is 0 Å². The summed E-state index contributed by atoms with van der Waals surface area (Å²) in [5.41, 5.74) is 1.60. The third-order valence-electron chi connectivity index (χ3n) is 3.00. The maximum Gasteiger partial charge on any atom is 0.337 e. The number of carboxylic acid groups (broad SMARTS) is 1. The number of nitrogens with zero attached hydrogens (tertiary/aromatic N) is 2. The molecular weight excluding hydrogens is 264 g/mol. The third kappa shape index (κ3) is 2.84. The lowest BCUT2D eigenvalue weighted by atomic mass is 10.2. The van der Waals surface area contributed by atoms with Crippen molar-refractivity contribution >= 4 is 27.8 Å². The summed E-state index contributed by atoms with van der Waals surface area (Å²) in [7, 11) is -0.832. The molecule has 0 fully saturated rings. The zero-order chi connectivity index (χ0) is 14.0. The van der Waals surface area contributed by atoms with Crippen LogP contribution in [0.1, 0.15) is 22.6 Å². The van der Waals surface area contributed by atoms with Crippen LogP contribution in [0.25, 0.3) is 11.0 Å². The minimum Gasteiger partial charge on any atom is -0.478 e. The van der Waals surface area contributed by atoms with E-state index in [4.69, 9.17) is 0 Å². The quantitative estimate of drug-likeness (QED) is 0.906. The van der Waals surface area contributed by atoms with Gasteiger partial charge in [-0.3, -0.25) is 4.21 Å². The van der Waals surface area contributed by atoms with Crippen molar-refractivity contribution in [2.24, 2.45) is 0 Å². The van der Waals surface area contributed by atoms with E-state index in [2.05, 4.69) is 4.98 Å². The number of hydrogen-bond acceptors (Lipinski definition) is 3. The van der Waals surface area contributed by atoms with Crippen LogP contribution >= 0.6 is 0 Å². The van der Waals surface area contributed by atoms with E-state index in [0.717, 1.165) is 12.2 Å².